The van der Waals surface area contributed by atoms with Gasteiger partial charge in [-0.1, -0.05) is 39.0 Å². The van der Waals surface area contributed by atoms with E-state index in [1.165, 1.54) is 43.4 Å². The average Bonchev–Trinajstić information content (AvgIpc) is 3.03. The molecule has 23 heavy (non-hydrogen) atoms. The molecule has 4 nitrogen and oxygen atoms in total. The fourth-order valence-electron chi connectivity index (χ4n) is 2.27. The van der Waals surface area contributed by atoms with Gasteiger partial charge in [-0.05, 0) is 30.0 Å². The molecule has 2 aromatic rings. The van der Waals surface area contributed by atoms with Crippen LogP contribution in [0.3, 0.4) is 0 Å². The van der Waals surface area contributed by atoms with Crippen molar-refractivity contribution in [2.45, 2.75) is 45.4 Å². The summed E-state index contributed by atoms with van der Waals surface area (Å²) in [5, 5.41) is 4.72. The van der Waals surface area contributed by atoms with Gasteiger partial charge in [-0.3, -0.25) is 9.78 Å². The number of carbonyl (C=O) groups is 1. The van der Waals surface area contributed by atoms with Gasteiger partial charge >= 0.3 is 0 Å². The molecule has 2 aromatic heterocycles. The third-order valence-electron chi connectivity index (χ3n) is 3.51. The lowest BCUT2D eigenvalue weighted by molar-refractivity contribution is 0.102. The van der Waals surface area contributed by atoms with Crippen LogP contribution in [0.4, 0.5) is 5.69 Å². The number of unbranched alkanes of at least 4 members (excludes halogenated alkanes) is 5. The van der Waals surface area contributed by atoms with Crippen molar-refractivity contribution in [1.82, 2.24) is 4.98 Å². The lowest BCUT2D eigenvalue weighted by atomic mass is 10.1. The molecule has 0 saturated carbocycles. The van der Waals surface area contributed by atoms with Gasteiger partial charge in [0.1, 0.15) is 10.6 Å². The lowest BCUT2D eigenvalue weighted by Gasteiger charge is -2.08. The van der Waals surface area contributed by atoms with Crippen LogP contribution in [0.2, 0.25) is 0 Å². The van der Waals surface area contributed by atoms with Crippen molar-refractivity contribution in [1.29, 1.82) is 0 Å². The average molecular weight is 332 g/mol. The van der Waals surface area contributed by atoms with Crippen LogP contribution in [0, 0.1) is 0 Å². The highest BCUT2D eigenvalue weighted by atomic mass is 32.1. The topological polar surface area (TPSA) is 51.2 Å². The van der Waals surface area contributed by atoms with Crippen LogP contribution in [0.5, 0.6) is 5.75 Å². The number of hydrogen-bond donors (Lipinski definition) is 1. The number of amides is 1. The molecule has 0 radical (unpaired) electrons. The predicted molar refractivity (Wildman–Crippen MR) is 95.4 cm³/mol. The van der Waals surface area contributed by atoms with E-state index in [2.05, 4.69) is 17.2 Å². The maximum absolute atomic E-state index is 12.3. The molecule has 0 aliphatic carbocycles. The van der Waals surface area contributed by atoms with E-state index in [4.69, 9.17) is 4.74 Å². The number of nitrogens with one attached hydrogen (secondary N) is 1. The first kappa shape index (κ1) is 17.5. The van der Waals surface area contributed by atoms with E-state index in [-0.39, 0.29) is 5.91 Å². The van der Waals surface area contributed by atoms with Gasteiger partial charge in [0.2, 0.25) is 0 Å². The molecule has 2 heterocycles. The smallest absolute Gasteiger partial charge is 0.269 e. The Morgan fingerprint density at radius 3 is 2.83 bits per heavy atom. The van der Waals surface area contributed by atoms with Gasteiger partial charge in [-0.25, -0.2) is 0 Å². The van der Waals surface area contributed by atoms with Gasteiger partial charge in [0.05, 0.1) is 18.5 Å². The minimum atomic E-state index is -0.147. The molecule has 0 aliphatic rings. The number of ether oxygens (including phenoxy) is 1. The van der Waals surface area contributed by atoms with E-state index in [1.807, 2.05) is 17.5 Å². The molecule has 1 amide bonds. The Balaban J connectivity index is 1.76. The lowest BCUT2D eigenvalue weighted by Crippen LogP contribution is -2.12. The first-order chi connectivity index (χ1) is 11.3. The summed E-state index contributed by atoms with van der Waals surface area (Å²) in [6.07, 6.45) is 10.6. The van der Waals surface area contributed by atoms with E-state index in [9.17, 15) is 4.79 Å². The zero-order valence-corrected chi connectivity index (χ0v) is 14.4. The van der Waals surface area contributed by atoms with Crippen LogP contribution in [-0.4, -0.2) is 17.5 Å². The highest BCUT2D eigenvalue weighted by Gasteiger charge is 2.14. The largest absolute Gasteiger partial charge is 0.492 e. The molecule has 2 rings (SSSR count). The van der Waals surface area contributed by atoms with Crippen molar-refractivity contribution < 1.29 is 9.53 Å². The molecule has 0 aliphatic heterocycles. The molecule has 0 fully saturated rings. The van der Waals surface area contributed by atoms with Gasteiger partial charge in [-0.15, -0.1) is 11.3 Å². The fourth-order valence-corrected chi connectivity index (χ4v) is 2.99. The second-order valence-corrected chi connectivity index (χ2v) is 6.34. The normalized spacial score (nSPS) is 10.5. The van der Waals surface area contributed by atoms with E-state index in [0.717, 1.165) is 6.42 Å². The van der Waals surface area contributed by atoms with Crippen molar-refractivity contribution in [2.75, 3.05) is 11.9 Å². The summed E-state index contributed by atoms with van der Waals surface area (Å²) in [6.45, 7) is 2.88. The standard InChI is InChI=1S/C18H24N2O2S/c1-2-3-4-5-6-7-12-22-16-10-13-23-17(16)18(21)20-15-9-8-11-19-14-15/h8-11,13-14H,2-7,12H2,1H3,(H,20,21). The Bertz CT molecular complexity index is 584. The van der Waals surface area contributed by atoms with Gasteiger partial charge < -0.3 is 10.1 Å². The number of aromatic nitrogens is 1. The van der Waals surface area contributed by atoms with Crippen molar-refractivity contribution in [3.05, 3.63) is 40.8 Å². The third kappa shape index (κ3) is 6.02. The van der Waals surface area contributed by atoms with Gasteiger partial charge in [0, 0.05) is 6.20 Å². The number of rotatable bonds is 10. The molecule has 0 unspecified atom stereocenters. The Labute approximate surface area is 141 Å². The summed E-state index contributed by atoms with van der Waals surface area (Å²) in [5.41, 5.74) is 0.688. The Kier molecular flexibility index (Phi) is 7.60. The molecule has 0 bridgehead atoms. The Hall–Kier alpha value is -1.88. The number of pyridine rings is 1. The molecule has 0 saturated heterocycles. The van der Waals surface area contributed by atoms with Crippen LogP contribution in [0.15, 0.2) is 36.0 Å². The molecular weight excluding hydrogens is 308 g/mol. The third-order valence-corrected chi connectivity index (χ3v) is 4.40. The number of nitrogens with zero attached hydrogens (tertiary/aromatic N) is 1. The summed E-state index contributed by atoms with van der Waals surface area (Å²) in [6, 6.07) is 5.47. The molecule has 0 aromatic carbocycles. The monoisotopic (exact) mass is 332 g/mol. The molecular formula is C18H24N2O2S. The van der Waals surface area contributed by atoms with Gasteiger partial charge in [-0.2, -0.15) is 0 Å². The van der Waals surface area contributed by atoms with Crippen LogP contribution < -0.4 is 10.1 Å². The van der Waals surface area contributed by atoms with E-state index in [0.29, 0.717) is 22.9 Å². The van der Waals surface area contributed by atoms with Crippen molar-refractivity contribution in [3.63, 3.8) is 0 Å². The molecule has 0 atom stereocenters. The number of carbonyl (C=O) groups excluding carboxylic acids is 1. The molecule has 5 heteroatoms. The first-order valence-corrected chi connectivity index (χ1v) is 9.11. The molecule has 124 valence electrons. The Morgan fingerprint density at radius 1 is 1.22 bits per heavy atom. The molecule has 0 spiro atoms. The van der Waals surface area contributed by atoms with Crippen LogP contribution >= 0.6 is 11.3 Å². The molecule has 1 N–H and O–H groups in total. The summed E-state index contributed by atoms with van der Waals surface area (Å²) in [4.78, 5) is 16.9. The highest BCUT2D eigenvalue weighted by Crippen LogP contribution is 2.26. The van der Waals surface area contributed by atoms with Crippen LogP contribution in [0.25, 0.3) is 0 Å². The maximum Gasteiger partial charge on any atom is 0.269 e. The summed E-state index contributed by atoms with van der Waals surface area (Å²) >= 11 is 1.39. The minimum Gasteiger partial charge on any atom is -0.492 e. The second-order valence-electron chi connectivity index (χ2n) is 5.43. The number of hydrogen-bond acceptors (Lipinski definition) is 4. The van der Waals surface area contributed by atoms with Crippen molar-refractivity contribution in [2.24, 2.45) is 0 Å². The summed E-state index contributed by atoms with van der Waals surface area (Å²) in [5.74, 6) is 0.524. The first-order valence-electron chi connectivity index (χ1n) is 8.23. The summed E-state index contributed by atoms with van der Waals surface area (Å²) in [7, 11) is 0. The van der Waals surface area contributed by atoms with E-state index < -0.39 is 0 Å². The zero-order valence-electron chi connectivity index (χ0n) is 13.6. The van der Waals surface area contributed by atoms with E-state index >= 15 is 0 Å². The minimum absolute atomic E-state index is 0.147. The van der Waals surface area contributed by atoms with Gasteiger partial charge in [0.15, 0.2) is 0 Å². The van der Waals surface area contributed by atoms with Crippen LogP contribution in [-0.2, 0) is 0 Å². The van der Waals surface area contributed by atoms with Crippen LogP contribution in [0.1, 0.15) is 55.1 Å². The summed E-state index contributed by atoms with van der Waals surface area (Å²) < 4.78 is 5.78. The predicted octanol–water partition coefficient (Wildman–Crippen LogP) is 5.13. The van der Waals surface area contributed by atoms with Crippen molar-refractivity contribution in [3.8, 4) is 5.75 Å². The second kappa shape index (κ2) is 10.0. The van der Waals surface area contributed by atoms with E-state index in [1.54, 1.807) is 18.5 Å². The maximum atomic E-state index is 12.3. The van der Waals surface area contributed by atoms with Gasteiger partial charge in [0.25, 0.3) is 5.91 Å². The van der Waals surface area contributed by atoms with Crippen molar-refractivity contribution >= 4 is 22.9 Å². The Morgan fingerprint density at radius 2 is 2.04 bits per heavy atom. The SMILES string of the molecule is CCCCCCCCOc1ccsc1C(=O)Nc1cccnc1. The fraction of sp³-hybridized carbons (Fsp3) is 0.444. The quantitative estimate of drug-likeness (QED) is 0.613. The highest BCUT2D eigenvalue weighted by molar-refractivity contribution is 7.12. The number of anilines is 1. The number of thiophene rings is 1. The zero-order chi connectivity index (χ0) is 16.3.